The molecule has 4 N–H and O–H groups in total. The summed E-state index contributed by atoms with van der Waals surface area (Å²) in [5.41, 5.74) is 5.48. The van der Waals surface area contributed by atoms with Gasteiger partial charge in [-0.3, -0.25) is 4.79 Å². The average Bonchev–Trinajstić information content (AvgIpc) is 2.83. The number of anilines is 1. The molecule has 0 spiro atoms. The Morgan fingerprint density at radius 2 is 1.95 bits per heavy atom. The molecule has 2 rings (SSSR count). The Labute approximate surface area is 112 Å². The lowest BCUT2D eigenvalue weighted by Crippen LogP contribution is -2.42. The summed E-state index contributed by atoms with van der Waals surface area (Å²) in [7, 11) is 0. The summed E-state index contributed by atoms with van der Waals surface area (Å²) >= 11 is 0. The number of hydrogen-bond acceptors (Lipinski definition) is 4. The molecule has 1 aromatic rings. The minimum absolute atomic E-state index is 0.0556. The summed E-state index contributed by atoms with van der Waals surface area (Å²) < 4.78 is 5.32. The van der Waals surface area contributed by atoms with E-state index in [1.807, 2.05) is 0 Å². The first-order valence-electron chi connectivity index (χ1n) is 6.55. The maximum atomic E-state index is 11.6. The molecule has 1 amide bonds. The van der Waals surface area contributed by atoms with Crippen molar-refractivity contribution in [1.29, 1.82) is 0 Å². The maximum Gasteiger partial charge on any atom is 0.258 e. The molecule has 5 heteroatoms. The van der Waals surface area contributed by atoms with Crippen LogP contribution in [-0.2, 0) is 4.79 Å². The van der Waals surface area contributed by atoms with Gasteiger partial charge < -0.3 is 20.9 Å². The van der Waals surface area contributed by atoms with Crippen molar-refractivity contribution in [2.75, 3.05) is 18.9 Å². The first-order valence-corrected chi connectivity index (χ1v) is 6.55. The minimum atomic E-state index is -0.725. The van der Waals surface area contributed by atoms with Gasteiger partial charge in [0, 0.05) is 12.2 Å². The zero-order valence-electron chi connectivity index (χ0n) is 10.9. The van der Waals surface area contributed by atoms with Gasteiger partial charge in [-0.1, -0.05) is 12.8 Å². The fourth-order valence-electron chi connectivity index (χ4n) is 2.24. The Bertz CT molecular complexity index is 425. The largest absolute Gasteiger partial charge is 0.484 e. The normalized spacial score (nSPS) is 17.1. The predicted molar refractivity (Wildman–Crippen MR) is 72.8 cm³/mol. The molecule has 0 radical (unpaired) electrons. The second kappa shape index (κ2) is 5.93. The lowest BCUT2D eigenvalue weighted by Gasteiger charge is -2.22. The second-order valence-electron chi connectivity index (χ2n) is 5.07. The van der Waals surface area contributed by atoms with Gasteiger partial charge >= 0.3 is 0 Å². The molecule has 1 aliphatic rings. The minimum Gasteiger partial charge on any atom is -0.484 e. The van der Waals surface area contributed by atoms with E-state index in [1.54, 1.807) is 24.3 Å². The number of ether oxygens (including phenoxy) is 1. The van der Waals surface area contributed by atoms with Gasteiger partial charge in [0.15, 0.2) is 6.61 Å². The number of hydrogen-bond donors (Lipinski definition) is 3. The Morgan fingerprint density at radius 3 is 2.58 bits per heavy atom. The van der Waals surface area contributed by atoms with Crippen LogP contribution in [0.2, 0.25) is 0 Å². The third-order valence-corrected chi connectivity index (χ3v) is 3.40. The second-order valence-corrected chi connectivity index (χ2v) is 5.07. The molecule has 5 nitrogen and oxygen atoms in total. The van der Waals surface area contributed by atoms with Gasteiger partial charge in [-0.05, 0) is 37.1 Å². The first kappa shape index (κ1) is 13.7. The third kappa shape index (κ3) is 4.13. The fourth-order valence-corrected chi connectivity index (χ4v) is 2.24. The van der Waals surface area contributed by atoms with Crippen LogP contribution in [-0.4, -0.2) is 29.8 Å². The van der Waals surface area contributed by atoms with Crippen molar-refractivity contribution in [3.8, 4) is 5.75 Å². The predicted octanol–water partition coefficient (Wildman–Crippen LogP) is 1.07. The summed E-state index contributed by atoms with van der Waals surface area (Å²) in [4.78, 5) is 11.6. The zero-order chi connectivity index (χ0) is 13.7. The van der Waals surface area contributed by atoms with E-state index >= 15 is 0 Å². The van der Waals surface area contributed by atoms with E-state index in [9.17, 15) is 9.90 Å². The SMILES string of the molecule is Nc1ccc(OCC(=O)NCC2(O)CCCC2)cc1. The van der Waals surface area contributed by atoms with E-state index in [4.69, 9.17) is 10.5 Å². The fraction of sp³-hybridized carbons (Fsp3) is 0.500. The quantitative estimate of drug-likeness (QED) is 0.694. The van der Waals surface area contributed by atoms with Crippen LogP contribution >= 0.6 is 0 Å². The highest BCUT2D eigenvalue weighted by Gasteiger charge is 2.31. The van der Waals surface area contributed by atoms with Crippen molar-refractivity contribution < 1.29 is 14.6 Å². The lowest BCUT2D eigenvalue weighted by molar-refractivity contribution is -0.124. The Morgan fingerprint density at radius 1 is 1.32 bits per heavy atom. The maximum absolute atomic E-state index is 11.6. The van der Waals surface area contributed by atoms with Crippen molar-refractivity contribution in [3.05, 3.63) is 24.3 Å². The first-order chi connectivity index (χ1) is 9.07. The molecule has 0 heterocycles. The van der Waals surface area contributed by atoms with Gasteiger partial charge in [-0.15, -0.1) is 0 Å². The van der Waals surface area contributed by atoms with Gasteiger partial charge in [0.2, 0.25) is 0 Å². The number of carbonyl (C=O) groups is 1. The molecule has 1 aromatic carbocycles. The molecular formula is C14H20N2O3. The molecule has 104 valence electrons. The van der Waals surface area contributed by atoms with Gasteiger partial charge in [0.25, 0.3) is 5.91 Å². The standard InChI is InChI=1S/C14H20N2O3/c15-11-3-5-12(6-4-11)19-9-13(17)16-10-14(18)7-1-2-8-14/h3-6,18H,1-2,7-10,15H2,(H,16,17). The third-order valence-electron chi connectivity index (χ3n) is 3.40. The Hall–Kier alpha value is -1.75. The molecule has 0 unspecified atom stereocenters. The van der Waals surface area contributed by atoms with Gasteiger partial charge in [-0.25, -0.2) is 0 Å². The Balaban J connectivity index is 1.71. The van der Waals surface area contributed by atoms with Crippen molar-refractivity contribution in [2.24, 2.45) is 0 Å². The van der Waals surface area contributed by atoms with Gasteiger partial charge in [0.1, 0.15) is 5.75 Å². The summed E-state index contributed by atoms with van der Waals surface area (Å²) in [5.74, 6) is 0.376. The molecule has 0 saturated heterocycles. The molecule has 0 bridgehead atoms. The van der Waals surface area contributed by atoms with Crippen LogP contribution in [0.5, 0.6) is 5.75 Å². The summed E-state index contributed by atoms with van der Waals surface area (Å²) in [6.45, 7) is 0.247. The van der Waals surface area contributed by atoms with Crippen LogP contribution in [0.4, 0.5) is 5.69 Å². The molecule has 0 aliphatic heterocycles. The van der Waals surface area contributed by atoms with Crippen LogP contribution in [0, 0.1) is 0 Å². The highest BCUT2D eigenvalue weighted by atomic mass is 16.5. The molecule has 0 atom stereocenters. The van der Waals surface area contributed by atoms with Crippen LogP contribution in [0.15, 0.2) is 24.3 Å². The van der Waals surface area contributed by atoms with E-state index in [1.165, 1.54) is 0 Å². The monoisotopic (exact) mass is 264 g/mol. The number of nitrogen functional groups attached to an aromatic ring is 1. The average molecular weight is 264 g/mol. The highest BCUT2D eigenvalue weighted by Crippen LogP contribution is 2.28. The van der Waals surface area contributed by atoms with Crippen molar-refractivity contribution >= 4 is 11.6 Å². The number of aliphatic hydroxyl groups is 1. The van der Waals surface area contributed by atoms with E-state index in [0.29, 0.717) is 18.0 Å². The summed E-state index contributed by atoms with van der Waals surface area (Å²) in [6, 6.07) is 6.86. The molecule has 1 aliphatic carbocycles. The topological polar surface area (TPSA) is 84.6 Å². The zero-order valence-corrected chi connectivity index (χ0v) is 10.9. The van der Waals surface area contributed by atoms with Crippen molar-refractivity contribution in [2.45, 2.75) is 31.3 Å². The Kier molecular flexibility index (Phi) is 4.27. The highest BCUT2D eigenvalue weighted by molar-refractivity contribution is 5.77. The molecule has 1 fully saturated rings. The van der Waals surface area contributed by atoms with Crippen LogP contribution < -0.4 is 15.8 Å². The molecule has 1 saturated carbocycles. The van der Waals surface area contributed by atoms with E-state index in [0.717, 1.165) is 25.7 Å². The number of nitrogens with one attached hydrogen (secondary N) is 1. The van der Waals surface area contributed by atoms with Gasteiger partial charge in [0.05, 0.1) is 5.60 Å². The number of rotatable bonds is 5. The number of benzene rings is 1. The van der Waals surface area contributed by atoms with Crippen LogP contribution in [0.3, 0.4) is 0 Å². The number of carbonyl (C=O) groups excluding carboxylic acids is 1. The molecule has 19 heavy (non-hydrogen) atoms. The summed E-state index contributed by atoms with van der Waals surface area (Å²) in [6.07, 6.45) is 3.56. The smallest absolute Gasteiger partial charge is 0.258 e. The van der Waals surface area contributed by atoms with E-state index < -0.39 is 5.60 Å². The van der Waals surface area contributed by atoms with Crippen molar-refractivity contribution in [3.63, 3.8) is 0 Å². The number of nitrogens with two attached hydrogens (primary N) is 1. The lowest BCUT2D eigenvalue weighted by atomic mass is 10.0. The van der Waals surface area contributed by atoms with E-state index in [-0.39, 0.29) is 12.5 Å². The number of amides is 1. The molecular weight excluding hydrogens is 244 g/mol. The van der Waals surface area contributed by atoms with Gasteiger partial charge in [-0.2, -0.15) is 0 Å². The van der Waals surface area contributed by atoms with Crippen molar-refractivity contribution in [1.82, 2.24) is 5.32 Å². The summed E-state index contributed by atoms with van der Waals surface area (Å²) in [5, 5.41) is 12.8. The van der Waals surface area contributed by atoms with Crippen LogP contribution in [0.1, 0.15) is 25.7 Å². The van der Waals surface area contributed by atoms with Crippen LogP contribution in [0.25, 0.3) is 0 Å². The molecule has 0 aromatic heterocycles. The van der Waals surface area contributed by atoms with E-state index in [2.05, 4.69) is 5.32 Å².